The van der Waals surface area contributed by atoms with Crippen molar-refractivity contribution in [3.8, 4) is 0 Å². The second kappa shape index (κ2) is 5.68. The summed E-state index contributed by atoms with van der Waals surface area (Å²) in [4.78, 5) is 12.7. The van der Waals surface area contributed by atoms with E-state index in [4.69, 9.17) is 4.52 Å². The molecule has 0 spiro atoms. The zero-order valence-corrected chi connectivity index (χ0v) is 13.4. The van der Waals surface area contributed by atoms with E-state index >= 15 is 0 Å². The van der Waals surface area contributed by atoms with Crippen LogP contribution in [0.3, 0.4) is 0 Å². The molecular weight excluding hydrogens is 302 g/mol. The number of carbonyl (C=O) groups excluding carboxylic acids is 1. The van der Waals surface area contributed by atoms with Crippen molar-refractivity contribution >= 4 is 16.5 Å². The van der Waals surface area contributed by atoms with Crippen molar-refractivity contribution in [2.24, 2.45) is 0 Å². The lowest BCUT2D eigenvalue weighted by molar-refractivity contribution is 0.103. The number of benzene rings is 1. The highest BCUT2D eigenvalue weighted by Gasteiger charge is 2.33. The molecule has 3 rings (SSSR count). The van der Waals surface area contributed by atoms with E-state index in [2.05, 4.69) is 5.16 Å². The van der Waals surface area contributed by atoms with Gasteiger partial charge in [0.05, 0.1) is 17.5 Å². The lowest BCUT2D eigenvalue weighted by atomic mass is 9.93. The van der Waals surface area contributed by atoms with Gasteiger partial charge in [0.2, 0.25) is 0 Å². The van der Waals surface area contributed by atoms with Crippen molar-refractivity contribution in [3.05, 3.63) is 51.9 Å². The third-order valence-electron chi connectivity index (χ3n) is 4.23. The molecule has 1 aliphatic rings. The second-order valence-corrected chi connectivity index (χ2v) is 6.70. The van der Waals surface area contributed by atoms with E-state index in [1.807, 2.05) is 13.8 Å². The van der Waals surface area contributed by atoms with Gasteiger partial charge in [0.1, 0.15) is 10.7 Å². The van der Waals surface area contributed by atoms with E-state index in [1.54, 1.807) is 12.1 Å². The molecule has 1 heterocycles. The van der Waals surface area contributed by atoms with Gasteiger partial charge in [-0.3, -0.25) is 4.79 Å². The maximum absolute atomic E-state index is 12.7. The van der Waals surface area contributed by atoms with Crippen LogP contribution in [0.2, 0.25) is 0 Å². The van der Waals surface area contributed by atoms with Crippen molar-refractivity contribution in [1.29, 1.82) is 0 Å². The lowest BCUT2D eigenvalue weighted by Crippen LogP contribution is -2.07. The summed E-state index contributed by atoms with van der Waals surface area (Å²) in [6.45, 7) is 3.68. The number of rotatable bonds is 5. The number of ketones is 1. The molecule has 0 N–H and O–H groups in total. The molecule has 1 aromatic carbocycles. The summed E-state index contributed by atoms with van der Waals surface area (Å²) in [5, 5.41) is 3.76. The highest BCUT2D eigenvalue weighted by atomic mass is 32.2. The van der Waals surface area contributed by atoms with Gasteiger partial charge in [0.15, 0.2) is 11.5 Å². The molecule has 0 amide bonds. The van der Waals surface area contributed by atoms with E-state index in [-0.39, 0.29) is 11.5 Å². The van der Waals surface area contributed by atoms with Gasteiger partial charge in [-0.15, -0.1) is 0 Å². The molecule has 0 radical (unpaired) electrons. The van der Waals surface area contributed by atoms with Crippen molar-refractivity contribution < 1.29 is 17.7 Å². The van der Waals surface area contributed by atoms with Crippen molar-refractivity contribution in [1.82, 2.24) is 5.16 Å². The standard InChI is InChI=1S/C16H17NO4S/c1-9-10(2)13(6-5-12(9)8-22(19)20)15(18)14-7-17-21-16(14)11-3-4-11/h5-7,11,22H,3-4,8H2,1-2H3. The van der Waals surface area contributed by atoms with E-state index in [0.717, 1.165) is 29.5 Å². The first-order chi connectivity index (χ1) is 10.5. The Hall–Kier alpha value is -1.95. The quantitative estimate of drug-likeness (QED) is 0.677. The summed E-state index contributed by atoms with van der Waals surface area (Å²) >= 11 is 0. The fraction of sp³-hybridized carbons (Fsp3) is 0.375. The largest absolute Gasteiger partial charge is 0.360 e. The van der Waals surface area contributed by atoms with Gasteiger partial charge in [0.25, 0.3) is 0 Å². The molecule has 2 aromatic rings. The van der Waals surface area contributed by atoms with Crippen LogP contribution in [0, 0.1) is 13.8 Å². The Kier molecular flexibility index (Phi) is 3.87. The average Bonchev–Trinajstić information content (AvgIpc) is 3.20. The molecule has 1 aromatic heterocycles. The molecule has 0 saturated heterocycles. The molecule has 116 valence electrons. The summed E-state index contributed by atoms with van der Waals surface area (Å²) in [7, 11) is -2.48. The van der Waals surface area contributed by atoms with Crippen LogP contribution in [0.4, 0.5) is 0 Å². The van der Waals surface area contributed by atoms with E-state index in [0.29, 0.717) is 22.8 Å². The Labute approximate surface area is 130 Å². The van der Waals surface area contributed by atoms with Gasteiger partial charge in [0, 0.05) is 11.5 Å². The van der Waals surface area contributed by atoms with Crippen molar-refractivity contribution in [3.63, 3.8) is 0 Å². The smallest absolute Gasteiger partial charge is 0.198 e. The predicted octanol–water partition coefficient (Wildman–Crippen LogP) is 2.51. The first-order valence-electron chi connectivity index (χ1n) is 7.19. The first-order valence-corrected chi connectivity index (χ1v) is 8.55. The van der Waals surface area contributed by atoms with Crippen LogP contribution in [0.25, 0.3) is 0 Å². The van der Waals surface area contributed by atoms with Crippen LogP contribution in [-0.4, -0.2) is 19.4 Å². The van der Waals surface area contributed by atoms with Gasteiger partial charge in [-0.2, -0.15) is 0 Å². The normalized spacial score (nSPS) is 14.5. The lowest BCUT2D eigenvalue weighted by Gasteiger charge is -2.11. The Morgan fingerprint density at radius 1 is 1.23 bits per heavy atom. The molecular formula is C16H17NO4S. The molecule has 0 atom stereocenters. The molecule has 0 bridgehead atoms. The Bertz CT molecular complexity index is 808. The first kappa shape index (κ1) is 15.0. The second-order valence-electron chi connectivity index (χ2n) is 5.72. The van der Waals surface area contributed by atoms with E-state index in [9.17, 15) is 13.2 Å². The fourth-order valence-electron chi connectivity index (χ4n) is 2.64. The summed E-state index contributed by atoms with van der Waals surface area (Å²) in [5.74, 6) is 0.874. The third kappa shape index (κ3) is 2.70. The van der Waals surface area contributed by atoms with E-state index < -0.39 is 10.7 Å². The molecule has 22 heavy (non-hydrogen) atoms. The molecule has 1 aliphatic carbocycles. The highest BCUT2D eigenvalue weighted by molar-refractivity contribution is 7.71. The molecule has 6 heteroatoms. The summed E-state index contributed by atoms with van der Waals surface area (Å²) in [5.41, 5.74) is 3.48. The summed E-state index contributed by atoms with van der Waals surface area (Å²) < 4.78 is 27.1. The van der Waals surface area contributed by atoms with Crippen molar-refractivity contribution in [2.75, 3.05) is 0 Å². The summed E-state index contributed by atoms with van der Waals surface area (Å²) in [6, 6.07) is 3.41. The number of aromatic nitrogens is 1. The zero-order chi connectivity index (χ0) is 15.9. The Morgan fingerprint density at radius 2 is 1.95 bits per heavy atom. The SMILES string of the molecule is Cc1c(C[SH](=O)=O)ccc(C(=O)c2cnoc2C2CC2)c1C. The maximum atomic E-state index is 12.7. The Balaban J connectivity index is 1.99. The zero-order valence-electron chi connectivity index (χ0n) is 12.5. The molecule has 5 nitrogen and oxygen atoms in total. The number of hydrogen-bond donors (Lipinski definition) is 1. The minimum absolute atomic E-state index is 0.00291. The van der Waals surface area contributed by atoms with Gasteiger partial charge in [-0.25, -0.2) is 8.42 Å². The minimum atomic E-state index is -2.48. The minimum Gasteiger partial charge on any atom is -0.360 e. The van der Waals surface area contributed by atoms with Crippen LogP contribution < -0.4 is 0 Å². The number of carbonyl (C=O) groups is 1. The van der Waals surface area contributed by atoms with Gasteiger partial charge in [-0.05, 0) is 43.4 Å². The van der Waals surface area contributed by atoms with Gasteiger partial charge in [-0.1, -0.05) is 17.3 Å². The van der Waals surface area contributed by atoms with Gasteiger partial charge >= 0.3 is 0 Å². The summed E-state index contributed by atoms with van der Waals surface area (Å²) in [6.07, 6.45) is 3.54. The molecule has 0 unspecified atom stereocenters. The predicted molar refractivity (Wildman–Crippen MR) is 81.8 cm³/mol. The number of nitrogens with zero attached hydrogens (tertiary/aromatic N) is 1. The maximum Gasteiger partial charge on any atom is 0.198 e. The number of thiol groups is 1. The van der Waals surface area contributed by atoms with Crippen molar-refractivity contribution in [2.45, 2.75) is 38.4 Å². The monoisotopic (exact) mass is 319 g/mol. The molecule has 1 fully saturated rings. The van der Waals surface area contributed by atoms with Crippen LogP contribution in [0.5, 0.6) is 0 Å². The number of hydrogen-bond acceptors (Lipinski definition) is 5. The fourth-order valence-corrected chi connectivity index (χ4v) is 3.26. The van der Waals surface area contributed by atoms with Crippen LogP contribution in [-0.2, 0) is 16.5 Å². The Morgan fingerprint density at radius 3 is 2.59 bits per heavy atom. The van der Waals surface area contributed by atoms with Crippen LogP contribution in [0.1, 0.15) is 57.1 Å². The highest BCUT2D eigenvalue weighted by Crippen LogP contribution is 2.42. The third-order valence-corrected chi connectivity index (χ3v) is 4.83. The van der Waals surface area contributed by atoms with E-state index in [1.165, 1.54) is 6.20 Å². The van der Waals surface area contributed by atoms with Crippen LogP contribution >= 0.6 is 0 Å². The molecule has 1 saturated carbocycles. The van der Waals surface area contributed by atoms with Crippen LogP contribution in [0.15, 0.2) is 22.9 Å². The topological polar surface area (TPSA) is 77.2 Å². The molecule has 0 aliphatic heterocycles. The average molecular weight is 319 g/mol. The van der Waals surface area contributed by atoms with Gasteiger partial charge < -0.3 is 4.52 Å².